The molecule has 17 heavy (non-hydrogen) atoms. The Balaban J connectivity index is 2.34. The molecule has 0 fully saturated rings. The van der Waals surface area contributed by atoms with Gasteiger partial charge in [-0.2, -0.15) is 0 Å². The van der Waals surface area contributed by atoms with Crippen LogP contribution in [-0.4, -0.2) is 30.6 Å². The zero-order chi connectivity index (χ0) is 12.7. The maximum absolute atomic E-state index is 4.27. The number of aromatic nitrogens is 1. The van der Waals surface area contributed by atoms with Crippen molar-refractivity contribution in [2.45, 2.75) is 33.2 Å². The Bertz CT molecular complexity index is 354. The van der Waals surface area contributed by atoms with E-state index in [2.05, 4.69) is 40.5 Å². The van der Waals surface area contributed by atoms with Gasteiger partial charge in [-0.3, -0.25) is 9.98 Å². The Labute approximate surface area is 104 Å². The van der Waals surface area contributed by atoms with Gasteiger partial charge in [0.25, 0.3) is 0 Å². The predicted molar refractivity (Wildman–Crippen MR) is 72.3 cm³/mol. The number of aryl methyl sites for hydroxylation is 1. The molecule has 4 nitrogen and oxygen atoms in total. The summed E-state index contributed by atoms with van der Waals surface area (Å²) in [7, 11) is 1.78. The molecule has 0 amide bonds. The highest BCUT2D eigenvalue weighted by atomic mass is 15.2. The van der Waals surface area contributed by atoms with Crippen LogP contribution in [-0.2, 0) is 6.42 Å². The van der Waals surface area contributed by atoms with Crippen LogP contribution in [0.25, 0.3) is 0 Å². The molecular weight excluding hydrogens is 212 g/mol. The third kappa shape index (κ3) is 5.33. The lowest BCUT2D eigenvalue weighted by Crippen LogP contribution is -2.41. The van der Waals surface area contributed by atoms with E-state index in [0.717, 1.165) is 24.6 Å². The van der Waals surface area contributed by atoms with Crippen LogP contribution in [0, 0.1) is 6.92 Å². The molecule has 1 rings (SSSR count). The van der Waals surface area contributed by atoms with E-state index in [4.69, 9.17) is 0 Å². The Kier molecular flexibility index (Phi) is 5.46. The standard InChI is InChI=1S/C13H22N4/c1-10(2)17-13(14-4)15-8-7-12-6-5-11(3)16-9-12/h5-6,9-10H,7-8H2,1-4H3,(H2,14,15,17). The molecule has 0 bridgehead atoms. The van der Waals surface area contributed by atoms with Crippen LogP contribution in [0.2, 0.25) is 0 Å². The number of hydrogen-bond donors (Lipinski definition) is 2. The summed E-state index contributed by atoms with van der Waals surface area (Å²) >= 11 is 0. The lowest BCUT2D eigenvalue weighted by atomic mass is 10.2. The predicted octanol–water partition coefficient (Wildman–Crippen LogP) is 1.51. The van der Waals surface area contributed by atoms with Crippen molar-refractivity contribution in [2.24, 2.45) is 4.99 Å². The van der Waals surface area contributed by atoms with Gasteiger partial charge in [0.15, 0.2) is 5.96 Å². The number of rotatable bonds is 4. The molecule has 0 unspecified atom stereocenters. The molecule has 0 saturated heterocycles. The molecule has 0 saturated carbocycles. The van der Waals surface area contributed by atoms with Crippen LogP contribution in [0.1, 0.15) is 25.1 Å². The van der Waals surface area contributed by atoms with Gasteiger partial charge in [-0.05, 0) is 38.8 Å². The van der Waals surface area contributed by atoms with Crippen molar-refractivity contribution in [1.82, 2.24) is 15.6 Å². The second kappa shape index (κ2) is 6.89. The minimum Gasteiger partial charge on any atom is -0.356 e. The maximum Gasteiger partial charge on any atom is 0.191 e. The highest BCUT2D eigenvalue weighted by Gasteiger charge is 1.99. The molecule has 0 aromatic carbocycles. The van der Waals surface area contributed by atoms with Crippen LogP contribution in [0.15, 0.2) is 23.3 Å². The van der Waals surface area contributed by atoms with Crippen LogP contribution in [0.5, 0.6) is 0 Å². The minimum atomic E-state index is 0.391. The van der Waals surface area contributed by atoms with Crippen molar-refractivity contribution in [3.8, 4) is 0 Å². The number of aliphatic imine (C=N–C) groups is 1. The average molecular weight is 234 g/mol. The van der Waals surface area contributed by atoms with E-state index in [-0.39, 0.29) is 0 Å². The molecule has 1 aromatic rings. The molecule has 94 valence electrons. The summed E-state index contributed by atoms with van der Waals surface area (Å²) in [6.45, 7) is 7.04. The summed E-state index contributed by atoms with van der Waals surface area (Å²) in [5, 5.41) is 6.52. The fraction of sp³-hybridized carbons (Fsp3) is 0.538. The second-order valence-electron chi connectivity index (χ2n) is 4.36. The van der Waals surface area contributed by atoms with Crippen LogP contribution >= 0.6 is 0 Å². The summed E-state index contributed by atoms with van der Waals surface area (Å²) in [5.41, 5.74) is 2.29. The summed E-state index contributed by atoms with van der Waals surface area (Å²) < 4.78 is 0. The van der Waals surface area contributed by atoms with Gasteiger partial charge < -0.3 is 10.6 Å². The number of nitrogens with one attached hydrogen (secondary N) is 2. The van der Waals surface area contributed by atoms with Crippen molar-refractivity contribution in [3.63, 3.8) is 0 Å². The monoisotopic (exact) mass is 234 g/mol. The van der Waals surface area contributed by atoms with Gasteiger partial charge >= 0.3 is 0 Å². The van der Waals surface area contributed by atoms with Crippen LogP contribution in [0.4, 0.5) is 0 Å². The SMILES string of the molecule is CN=C(NCCc1ccc(C)nc1)NC(C)C. The second-order valence-corrected chi connectivity index (χ2v) is 4.36. The molecule has 2 N–H and O–H groups in total. The fourth-order valence-corrected chi connectivity index (χ4v) is 1.44. The van der Waals surface area contributed by atoms with E-state index in [1.807, 2.05) is 19.2 Å². The Morgan fingerprint density at radius 3 is 2.71 bits per heavy atom. The molecule has 4 heteroatoms. The molecule has 0 spiro atoms. The number of pyridine rings is 1. The molecule has 0 atom stereocenters. The lowest BCUT2D eigenvalue weighted by Gasteiger charge is -2.14. The summed E-state index contributed by atoms with van der Waals surface area (Å²) in [6, 6.07) is 4.54. The van der Waals surface area contributed by atoms with E-state index in [1.54, 1.807) is 7.05 Å². The lowest BCUT2D eigenvalue weighted by molar-refractivity contribution is 0.697. The molecule has 0 aliphatic carbocycles. The topological polar surface area (TPSA) is 49.3 Å². The number of guanidine groups is 1. The van der Waals surface area contributed by atoms with Gasteiger partial charge in [0.05, 0.1) is 0 Å². The molecule has 0 radical (unpaired) electrons. The highest BCUT2D eigenvalue weighted by molar-refractivity contribution is 5.79. The van der Waals surface area contributed by atoms with Gasteiger partial charge in [-0.1, -0.05) is 6.07 Å². The van der Waals surface area contributed by atoms with E-state index < -0.39 is 0 Å². The molecule has 1 aromatic heterocycles. The zero-order valence-electron chi connectivity index (χ0n) is 11.1. The van der Waals surface area contributed by atoms with Gasteiger partial charge in [0.2, 0.25) is 0 Å². The molecular formula is C13H22N4. The maximum atomic E-state index is 4.27. The van der Waals surface area contributed by atoms with Gasteiger partial charge in [0, 0.05) is 31.5 Å². The number of nitrogens with zero attached hydrogens (tertiary/aromatic N) is 2. The Morgan fingerprint density at radius 1 is 1.41 bits per heavy atom. The first kappa shape index (κ1) is 13.5. The highest BCUT2D eigenvalue weighted by Crippen LogP contribution is 1.99. The molecule has 0 aliphatic rings. The van der Waals surface area contributed by atoms with Crippen molar-refractivity contribution in [2.75, 3.05) is 13.6 Å². The normalized spacial score (nSPS) is 11.7. The van der Waals surface area contributed by atoms with Gasteiger partial charge in [-0.25, -0.2) is 0 Å². The van der Waals surface area contributed by atoms with E-state index in [1.165, 1.54) is 5.56 Å². The van der Waals surface area contributed by atoms with Gasteiger partial charge in [0.1, 0.15) is 0 Å². The third-order valence-corrected chi connectivity index (χ3v) is 2.33. The Morgan fingerprint density at radius 2 is 2.18 bits per heavy atom. The third-order valence-electron chi connectivity index (χ3n) is 2.33. The quantitative estimate of drug-likeness (QED) is 0.613. The van der Waals surface area contributed by atoms with Crippen molar-refractivity contribution in [3.05, 3.63) is 29.6 Å². The van der Waals surface area contributed by atoms with Crippen molar-refractivity contribution < 1.29 is 0 Å². The fourth-order valence-electron chi connectivity index (χ4n) is 1.44. The van der Waals surface area contributed by atoms with Crippen LogP contribution < -0.4 is 10.6 Å². The first-order chi connectivity index (χ1) is 8.11. The average Bonchev–Trinajstić information content (AvgIpc) is 2.30. The Hall–Kier alpha value is -1.58. The summed E-state index contributed by atoms with van der Waals surface area (Å²) in [4.78, 5) is 8.42. The largest absolute Gasteiger partial charge is 0.356 e. The molecule has 1 heterocycles. The number of hydrogen-bond acceptors (Lipinski definition) is 2. The zero-order valence-corrected chi connectivity index (χ0v) is 11.1. The van der Waals surface area contributed by atoms with Gasteiger partial charge in [-0.15, -0.1) is 0 Å². The minimum absolute atomic E-state index is 0.391. The first-order valence-electron chi connectivity index (χ1n) is 6.00. The smallest absolute Gasteiger partial charge is 0.191 e. The summed E-state index contributed by atoms with van der Waals surface area (Å²) in [6.07, 6.45) is 2.88. The van der Waals surface area contributed by atoms with Crippen molar-refractivity contribution in [1.29, 1.82) is 0 Å². The van der Waals surface area contributed by atoms with Crippen molar-refractivity contribution >= 4 is 5.96 Å². The van der Waals surface area contributed by atoms with E-state index >= 15 is 0 Å². The summed E-state index contributed by atoms with van der Waals surface area (Å²) in [5.74, 6) is 0.847. The van der Waals surface area contributed by atoms with E-state index in [9.17, 15) is 0 Å². The van der Waals surface area contributed by atoms with E-state index in [0.29, 0.717) is 6.04 Å². The first-order valence-corrected chi connectivity index (χ1v) is 6.00. The van der Waals surface area contributed by atoms with Crippen LogP contribution in [0.3, 0.4) is 0 Å². The molecule has 0 aliphatic heterocycles.